The minimum Gasteiger partial charge on any atom is -0.460 e. The second-order valence-electron chi connectivity index (χ2n) is 15.7. The van der Waals surface area contributed by atoms with Gasteiger partial charge in [0.05, 0.1) is 42.9 Å². The number of nitrogens with one attached hydrogen (secondary N) is 1. The Balaban J connectivity index is 1.17. The van der Waals surface area contributed by atoms with Crippen LogP contribution in [0.25, 0.3) is 11.4 Å². The second kappa shape index (κ2) is 16.1. The molecule has 0 saturated carbocycles. The summed E-state index contributed by atoms with van der Waals surface area (Å²) in [5.74, 6) is -1.17. The van der Waals surface area contributed by atoms with Crippen molar-refractivity contribution in [3.8, 4) is 11.4 Å². The normalized spacial score (nSPS) is 23.3. The van der Waals surface area contributed by atoms with Crippen molar-refractivity contribution in [2.45, 2.75) is 152 Å². The van der Waals surface area contributed by atoms with Crippen molar-refractivity contribution in [2.24, 2.45) is 0 Å². The molecule has 2 aliphatic rings. The van der Waals surface area contributed by atoms with E-state index in [9.17, 15) is 9.59 Å². The van der Waals surface area contributed by atoms with Gasteiger partial charge in [-0.1, -0.05) is 17.0 Å². The molecule has 1 aromatic carbocycles. The molecule has 2 aromatic heterocycles. The molecule has 52 heavy (non-hydrogen) atoms. The molecule has 4 heterocycles. The van der Waals surface area contributed by atoms with Gasteiger partial charge in [0.25, 0.3) is 0 Å². The first-order valence-corrected chi connectivity index (χ1v) is 19.3. The lowest BCUT2D eigenvalue weighted by molar-refractivity contribution is -0.697. The summed E-state index contributed by atoms with van der Waals surface area (Å²) in [5, 5.41) is 24.9. The van der Waals surface area contributed by atoms with Gasteiger partial charge in [0.15, 0.2) is 16.8 Å². The Morgan fingerprint density at radius 3 is 1.83 bits per heavy atom. The van der Waals surface area contributed by atoms with Gasteiger partial charge in [0.1, 0.15) is 22.0 Å². The fraction of sp³-hybridized carbons (Fsp3) is 0.706. The van der Waals surface area contributed by atoms with Gasteiger partial charge in [0, 0.05) is 24.3 Å². The smallest absolute Gasteiger partial charge is 0.365 e. The molecular weight excluding hydrogens is 713 g/mol. The maximum absolute atomic E-state index is 12.5. The highest BCUT2D eigenvalue weighted by atomic mass is 32.2. The zero-order chi connectivity index (χ0) is 37.9. The number of nitrogens with zero attached hydrogens (tertiary/aromatic N) is 7. The van der Waals surface area contributed by atoms with E-state index in [0.717, 1.165) is 11.4 Å². The number of carbonyl (C=O) groups excluding carboxylic acids is 2. The standard InChI is InChI=1S/C34H50N8O8S2/c1-31(2,3)49-27(43)17-23-15-25(47-33(7,8)45-23)19-51-29-35-37-39-41(29)21-11-13-22(14-12-21)42-30(36-38-40-42)52-20-26-16-24(46-34(9,10)48-26)18-28(44)50-32(4,5)6/h11-14,23-26H,15-20H2,1-10H3/p+1/t23-,24-,25+,26+/m1/s1. The van der Waals surface area contributed by atoms with Crippen molar-refractivity contribution in [3.63, 3.8) is 0 Å². The Labute approximate surface area is 312 Å². The highest BCUT2D eigenvalue weighted by Gasteiger charge is 2.39. The number of thioether (sulfide) groups is 2. The number of H-pyrrole nitrogens is 1. The third kappa shape index (κ3) is 11.9. The molecule has 5 rings (SSSR count). The van der Waals surface area contributed by atoms with Gasteiger partial charge in [0.2, 0.25) is 5.16 Å². The molecule has 4 atom stereocenters. The Morgan fingerprint density at radius 1 is 0.808 bits per heavy atom. The SMILES string of the molecule is CC(C)(C)OC(=O)C[C@H]1C[C@@H](CSc2nnnn2-c2ccc(-[n+]3[nH]nnc3SC[C@@H]3C[C@H](CC(=O)OC(C)(C)C)OC(C)(C)O3)cc2)OC(C)(C)O1. The Kier molecular flexibility index (Phi) is 12.4. The highest BCUT2D eigenvalue weighted by molar-refractivity contribution is 7.99. The van der Waals surface area contributed by atoms with E-state index in [4.69, 9.17) is 28.4 Å². The molecule has 0 bridgehead atoms. The van der Waals surface area contributed by atoms with Crippen molar-refractivity contribution in [1.82, 2.24) is 35.7 Å². The van der Waals surface area contributed by atoms with E-state index >= 15 is 0 Å². The summed E-state index contributed by atoms with van der Waals surface area (Å²) in [5.41, 5.74) is 0.451. The zero-order valence-corrected chi connectivity index (χ0v) is 33.2. The van der Waals surface area contributed by atoms with Crippen LogP contribution in [-0.2, 0) is 38.0 Å². The summed E-state index contributed by atoms with van der Waals surface area (Å²) in [6, 6.07) is 7.67. The van der Waals surface area contributed by atoms with Crippen LogP contribution in [0.5, 0.6) is 0 Å². The Bertz CT molecular complexity index is 1550. The van der Waals surface area contributed by atoms with Crippen LogP contribution in [0.15, 0.2) is 34.6 Å². The minimum atomic E-state index is -0.854. The topological polar surface area (TPSA) is 179 Å². The lowest BCUT2D eigenvalue weighted by atomic mass is 10.1. The van der Waals surface area contributed by atoms with Gasteiger partial charge < -0.3 is 28.4 Å². The lowest BCUT2D eigenvalue weighted by Crippen LogP contribution is -2.46. The van der Waals surface area contributed by atoms with Crippen LogP contribution in [0.2, 0.25) is 0 Å². The van der Waals surface area contributed by atoms with Gasteiger partial charge in [-0.25, -0.2) is 0 Å². The van der Waals surface area contributed by atoms with Gasteiger partial charge in [-0.05, 0) is 116 Å². The average Bonchev–Trinajstić information content (AvgIpc) is 3.65. The fourth-order valence-electron chi connectivity index (χ4n) is 6.00. The van der Waals surface area contributed by atoms with Crippen molar-refractivity contribution in [2.75, 3.05) is 11.5 Å². The van der Waals surface area contributed by atoms with Crippen molar-refractivity contribution < 1.29 is 42.7 Å². The van der Waals surface area contributed by atoms with Crippen LogP contribution >= 0.6 is 23.5 Å². The number of aromatic nitrogens is 8. The number of rotatable bonds is 12. The third-order valence-corrected chi connectivity index (χ3v) is 9.66. The maximum Gasteiger partial charge on any atom is 0.365 e. The van der Waals surface area contributed by atoms with Crippen LogP contribution < -0.4 is 4.68 Å². The van der Waals surface area contributed by atoms with E-state index in [1.165, 1.54) is 23.5 Å². The Hall–Kier alpha value is -3.16. The first kappa shape index (κ1) is 40.0. The lowest BCUT2D eigenvalue weighted by Gasteiger charge is -2.40. The molecule has 2 aliphatic heterocycles. The largest absolute Gasteiger partial charge is 0.460 e. The molecule has 2 fully saturated rings. The number of hydrogen-bond donors (Lipinski definition) is 1. The highest BCUT2D eigenvalue weighted by Crippen LogP contribution is 2.33. The van der Waals surface area contributed by atoms with E-state index in [2.05, 4.69) is 31.1 Å². The van der Waals surface area contributed by atoms with Crippen LogP contribution in [0.1, 0.15) is 94.9 Å². The van der Waals surface area contributed by atoms with Gasteiger partial charge in [-0.3, -0.25) is 9.59 Å². The Morgan fingerprint density at radius 2 is 1.31 bits per heavy atom. The van der Waals surface area contributed by atoms with Crippen LogP contribution in [0.4, 0.5) is 0 Å². The van der Waals surface area contributed by atoms with E-state index in [-0.39, 0.29) is 49.2 Å². The number of tetrazole rings is 2. The van der Waals surface area contributed by atoms with Gasteiger partial charge in [-0.15, -0.1) is 9.78 Å². The van der Waals surface area contributed by atoms with Crippen LogP contribution in [-0.4, -0.2) is 106 Å². The first-order chi connectivity index (χ1) is 24.2. The summed E-state index contributed by atoms with van der Waals surface area (Å²) in [7, 11) is 0. The van der Waals surface area contributed by atoms with Crippen molar-refractivity contribution >= 4 is 35.5 Å². The zero-order valence-electron chi connectivity index (χ0n) is 31.6. The first-order valence-electron chi connectivity index (χ1n) is 17.4. The summed E-state index contributed by atoms with van der Waals surface area (Å²) in [4.78, 5) is 25.0. The number of ether oxygens (including phenoxy) is 6. The molecule has 16 nitrogen and oxygen atoms in total. The molecule has 1 N–H and O–H groups in total. The molecule has 2 saturated heterocycles. The minimum absolute atomic E-state index is 0.150. The average molecular weight is 764 g/mol. The number of aromatic amines is 1. The third-order valence-electron chi connectivity index (χ3n) is 7.54. The molecule has 0 aliphatic carbocycles. The van der Waals surface area contributed by atoms with Crippen molar-refractivity contribution in [3.05, 3.63) is 24.3 Å². The summed E-state index contributed by atoms with van der Waals surface area (Å²) < 4.78 is 38.9. The fourth-order valence-corrected chi connectivity index (χ4v) is 7.81. The summed E-state index contributed by atoms with van der Waals surface area (Å²) >= 11 is 2.96. The molecule has 286 valence electrons. The molecule has 0 amide bonds. The van der Waals surface area contributed by atoms with E-state index in [1.54, 1.807) is 9.36 Å². The van der Waals surface area contributed by atoms with Gasteiger partial charge in [-0.2, -0.15) is 4.68 Å². The molecule has 3 aromatic rings. The van der Waals surface area contributed by atoms with E-state index in [1.807, 2.05) is 93.5 Å². The predicted octanol–water partition coefficient (Wildman–Crippen LogP) is 4.53. The molecular formula is C34H51N8O8S2+. The van der Waals surface area contributed by atoms with Crippen molar-refractivity contribution in [1.29, 1.82) is 0 Å². The maximum atomic E-state index is 12.5. The number of esters is 2. The van der Waals surface area contributed by atoms with Crippen LogP contribution in [0.3, 0.4) is 0 Å². The number of benzene rings is 1. The molecule has 0 unspecified atom stereocenters. The van der Waals surface area contributed by atoms with Gasteiger partial charge >= 0.3 is 17.1 Å². The summed E-state index contributed by atoms with van der Waals surface area (Å²) in [6.07, 6.45) is 0.347. The molecule has 18 heteroatoms. The number of carbonyl (C=O) groups is 2. The molecule has 0 radical (unpaired) electrons. The van der Waals surface area contributed by atoms with Crippen LogP contribution in [0, 0.1) is 0 Å². The van der Waals surface area contributed by atoms with E-state index in [0.29, 0.717) is 34.7 Å². The second-order valence-corrected chi connectivity index (χ2v) is 17.7. The quantitative estimate of drug-likeness (QED) is 0.155. The summed E-state index contributed by atoms with van der Waals surface area (Å²) in [6.45, 7) is 18.5. The monoisotopic (exact) mass is 763 g/mol. The number of hydrogen-bond acceptors (Lipinski definition) is 15. The molecule has 0 spiro atoms. The predicted molar refractivity (Wildman–Crippen MR) is 190 cm³/mol. The van der Waals surface area contributed by atoms with E-state index < -0.39 is 22.8 Å².